The van der Waals surface area contributed by atoms with Crippen LogP contribution in [-0.2, 0) is 17.4 Å². The second-order valence-electron chi connectivity index (χ2n) is 12.5. The largest absolute Gasteiger partial charge is 0.478 e. The first-order valence-electron chi connectivity index (χ1n) is 15.7. The lowest BCUT2D eigenvalue weighted by Crippen LogP contribution is -2.52. The van der Waals surface area contributed by atoms with Gasteiger partial charge in [0.25, 0.3) is 5.91 Å². The zero-order valence-electron chi connectivity index (χ0n) is 25.5. The summed E-state index contributed by atoms with van der Waals surface area (Å²) in [4.78, 5) is 34.3. The highest BCUT2D eigenvalue weighted by Crippen LogP contribution is 2.44. The Bertz CT molecular complexity index is 2000. The summed E-state index contributed by atoms with van der Waals surface area (Å²) in [5, 5.41) is 14.1. The highest BCUT2D eigenvalue weighted by atomic mass is 35.5. The van der Waals surface area contributed by atoms with Gasteiger partial charge in [-0.05, 0) is 92.6 Å². The number of imidazole rings is 1. The second-order valence-corrected chi connectivity index (χ2v) is 12.9. The van der Waals surface area contributed by atoms with Gasteiger partial charge in [-0.15, -0.1) is 0 Å². The molecule has 0 bridgehead atoms. The van der Waals surface area contributed by atoms with Crippen molar-refractivity contribution in [1.82, 2.24) is 24.4 Å². The molecule has 230 valence electrons. The lowest BCUT2D eigenvalue weighted by molar-refractivity contribution is -0.131. The van der Waals surface area contributed by atoms with Crippen LogP contribution in [0.2, 0.25) is 5.02 Å². The lowest BCUT2D eigenvalue weighted by atomic mass is 9.75. The van der Waals surface area contributed by atoms with E-state index in [1.165, 1.54) is 19.3 Å². The van der Waals surface area contributed by atoms with Crippen molar-refractivity contribution in [3.05, 3.63) is 88.5 Å². The molecule has 0 aliphatic heterocycles. The first kappa shape index (κ1) is 29.3. The Hall–Kier alpha value is -4.43. The van der Waals surface area contributed by atoms with Crippen LogP contribution < -0.4 is 5.32 Å². The normalized spacial score (nSPS) is 16.8. The fraction of sp³-hybridized carbons (Fsp3) is 0.333. The van der Waals surface area contributed by atoms with Gasteiger partial charge in [-0.1, -0.05) is 36.9 Å². The van der Waals surface area contributed by atoms with E-state index in [-0.39, 0.29) is 5.91 Å². The van der Waals surface area contributed by atoms with E-state index < -0.39 is 11.5 Å². The molecule has 2 saturated carbocycles. The molecular weight excluding hydrogens is 586 g/mol. The van der Waals surface area contributed by atoms with Crippen LogP contribution in [0, 0.1) is 6.92 Å². The molecule has 2 N–H and O–H groups in total. The molecule has 3 aromatic heterocycles. The smallest absolute Gasteiger partial charge is 0.328 e. The maximum Gasteiger partial charge on any atom is 0.328 e. The molecule has 1 amide bonds. The molecule has 45 heavy (non-hydrogen) atoms. The van der Waals surface area contributed by atoms with Crippen LogP contribution in [-0.4, -0.2) is 36.1 Å². The molecule has 0 unspecified atom stereocenters. The van der Waals surface area contributed by atoms with Crippen molar-refractivity contribution in [3.63, 3.8) is 0 Å². The number of nitrogens with one attached hydrogen (secondary N) is 1. The number of aromatic nitrogens is 4. The molecule has 9 heteroatoms. The number of aliphatic carboxylic acids is 1. The van der Waals surface area contributed by atoms with E-state index >= 15 is 0 Å². The molecule has 0 atom stereocenters. The lowest BCUT2D eigenvalue weighted by Gasteiger charge is -2.41. The van der Waals surface area contributed by atoms with Gasteiger partial charge >= 0.3 is 5.97 Å². The maximum absolute atomic E-state index is 14.0. The zero-order chi connectivity index (χ0) is 31.3. The second kappa shape index (κ2) is 11.5. The number of carboxylic acids is 1. The molecular formula is C36H36ClN5O3. The maximum atomic E-state index is 14.0. The number of amides is 1. The van der Waals surface area contributed by atoms with Crippen molar-refractivity contribution in [2.75, 3.05) is 0 Å². The number of nitrogens with zero attached hydrogens (tertiary/aromatic N) is 4. The number of carbonyl (C=O) groups excluding carboxylic acids is 1. The third-order valence-corrected chi connectivity index (χ3v) is 10.1. The highest BCUT2D eigenvalue weighted by molar-refractivity contribution is 6.33. The monoisotopic (exact) mass is 621 g/mol. The van der Waals surface area contributed by atoms with Crippen LogP contribution in [0.3, 0.4) is 0 Å². The quantitative estimate of drug-likeness (QED) is 0.180. The fourth-order valence-electron chi connectivity index (χ4n) is 7.35. The SMILES string of the molecule is Cc1c(-c2cnccc2Cl)n(C2CCCCC2)c2ccc(C(=O)NC3(c4nc5ccc(C=CC(=O)O)cc5n4C)CCC3)cc12. The van der Waals surface area contributed by atoms with Crippen LogP contribution in [0.4, 0.5) is 0 Å². The molecule has 2 aliphatic rings. The number of pyridine rings is 1. The van der Waals surface area contributed by atoms with Crippen molar-refractivity contribution in [3.8, 4) is 11.3 Å². The van der Waals surface area contributed by atoms with Gasteiger partial charge in [0.1, 0.15) is 5.82 Å². The standard InChI is InChI=1S/C36H36ClN5O3/c1-22-26-20-24(11-13-30(26)42(25-7-4-3-5-8-25)33(22)27-21-38-18-15-28(27)37)34(45)40-36(16-6-17-36)35-39-29-12-9-23(10-14-32(43)44)19-31(29)41(35)2/h9-15,18-21,25H,3-8,16-17H2,1-2H3,(H,40,45)(H,43,44). The van der Waals surface area contributed by atoms with Gasteiger partial charge in [-0.2, -0.15) is 0 Å². The minimum absolute atomic E-state index is 0.125. The number of hydrogen-bond donors (Lipinski definition) is 2. The van der Waals surface area contributed by atoms with Gasteiger partial charge in [0, 0.05) is 53.6 Å². The number of carbonyl (C=O) groups is 2. The van der Waals surface area contributed by atoms with Crippen molar-refractivity contribution in [1.29, 1.82) is 0 Å². The molecule has 0 spiro atoms. The van der Waals surface area contributed by atoms with E-state index in [0.717, 1.165) is 88.3 Å². The summed E-state index contributed by atoms with van der Waals surface area (Å²) < 4.78 is 4.47. The van der Waals surface area contributed by atoms with Crippen LogP contribution in [0.15, 0.2) is 60.9 Å². The molecule has 5 aromatic rings. The van der Waals surface area contributed by atoms with Crippen molar-refractivity contribution < 1.29 is 14.7 Å². The summed E-state index contributed by atoms with van der Waals surface area (Å²) in [5.41, 5.74) is 6.73. The predicted molar refractivity (Wildman–Crippen MR) is 177 cm³/mol. The number of rotatable bonds is 7. The topological polar surface area (TPSA) is 102 Å². The summed E-state index contributed by atoms with van der Waals surface area (Å²) >= 11 is 6.73. The Kier molecular flexibility index (Phi) is 7.48. The minimum Gasteiger partial charge on any atom is -0.478 e. The molecule has 2 aromatic carbocycles. The van der Waals surface area contributed by atoms with Gasteiger partial charge in [0.15, 0.2) is 0 Å². The molecule has 8 nitrogen and oxygen atoms in total. The van der Waals surface area contributed by atoms with Crippen molar-refractivity contribution in [2.24, 2.45) is 7.05 Å². The average Bonchev–Trinajstić information content (AvgIpc) is 3.51. The summed E-state index contributed by atoms with van der Waals surface area (Å²) in [6, 6.07) is 13.9. The summed E-state index contributed by atoms with van der Waals surface area (Å²) in [5.74, 6) is -0.307. The Balaban J connectivity index is 1.25. The molecule has 0 saturated heterocycles. The summed E-state index contributed by atoms with van der Waals surface area (Å²) in [7, 11) is 1.95. The molecule has 3 heterocycles. The Morgan fingerprint density at radius 3 is 2.56 bits per heavy atom. The zero-order valence-corrected chi connectivity index (χ0v) is 26.3. The van der Waals surface area contributed by atoms with Crippen LogP contribution in [0.25, 0.3) is 39.3 Å². The van der Waals surface area contributed by atoms with E-state index in [1.807, 2.05) is 54.2 Å². The van der Waals surface area contributed by atoms with Crippen molar-refractivity contribution >= 4 is 51.5 Å². The van der Waals surface area contributed by atoms with Crippen LogP contribution in [0.1, 0.15) is 84.7 Å². The van der Waals surface area contributed by atoms with E-state index in [2.05, 4.69) is 27.9 Å². The van der Waals surface area contributed by atoms with E-state index in [0.29, 0.717) is 16.6 Å². The van der Waals surface area contributed by atoms with Crippen LogP contribution in [0.5, 0.6) is 0 Å². The van der Waals surface area contributed by atoms with Crippen LogP contribution >= 0.6 is 11.6 Å². The van der Waals surface area contributed by atoms with Gasteiger partial charge in [0.2, 0.25) is 0 Å². The Morgan fingerprint density at radius 2 is 1.84 bits per heavy atom. The number of benzene rings is 2. The first-order chi connectivity index (χ1) is 21.8. The predicted octanol–water partition coefficient (Wildman–Crippen LogP) is 7.96. The third kappa shape index (κ3) is 5.11. The Labute approximate surface area is 266 Å². The number of aryl methyl sites for hydroxylation is 2. The molecule has 2 aliphatic carbocycles. The fourth-order valence-corrected chi connectivity index (χ4v) is 7.54. The number of hydrogen-bond acceptors (Lipinski definition) is 4. The van der Waals surface area contributed by atoms with Gasteiger partial charge in [-0.3, -0.25) is 9.78 Å². The van der Waals surface area contributed by atoms with Gasteiger partial charge < -0.3 is 19.6 Å². The highest BCUT2D eigenvalue weighted by Gasteiger charge is 2.44. The number of fused-ring (bicyclic) bond motifs is 2. The average molecular weight is 622 g/mol. The third-order valence-electron chi connectivity index (χ3n) is 9.79. The molecule has 7 rings (SSSR count). The van der Waals surface area contributed by atoms with Crippen molar-refractivity contribution in [2.45, 2.75) is 69.9 Å². The van der Waals surface area contributed by atoms with E-state index in [1.54, 1.807) is 12.3 Å². The first-order valence-corrected chi connectivity index (χ1v) is 16.1. The minimum atomic E-state index is -0.993. The van der Waals surface area contributed by atoms with E-state index in [9.17, 15) is 9.59 Å². The molecule has 2 fully saturated rings. The van der Waals surface area contributed by atoms with E-state index in [4.69, 9.17) is 21.7 Å². The van der Waals surface area contributed by atoms with Gasteiger partial charge in [0.05, 0.1) is 27.3 Å². The number of halogens is 1. The summed E-state index contributed by atoms with van der Waals surface area (Å²) in [6.07, 6.45) is 14.8. The molecule has 0 radical (unpaired) electrons. The summed E-state index contributed by atoms with van der Waals surface area (Å²) in [6.45, 7) is 2.12. The van der Waals surface area contributed by atoms with Gasteiger partial charge in [-0.25, -0.2) is 9.78 Å². The number of carboxylic acid groups (broad SMARTS) is 1. The Morgan fingerprint density at radius 1 is 1.04 bits per heavy atom.